The number of benzene rings is 2. The number of carbonyl (C=O) groups is 1. The maximum atomic E-state index is 13.4. The number of hydrogen-bond donors (Lipinski definition) is 1. The molecule has 0 heterocycles. The zero-order chi connectivity index (χ0) is 14.4. The van der Waals surface area contributed by atoms with Gasteiger partial charge in [0.15, 0.2) is 0 Å². The lowest BCUT2D eigenvalue weighted by molar-refractivity contribution is -0.118. The fraction of sp³-hybridized carbons (Fsp3) is 0.125. The highest BCUT2D eigenvalue weighted by atomic mass is 19.1. The van der Waals surface area contributed by atoms with E-state index in [1.807, 2.05) is 36.4 Å². The van der Waals surface area contributed by atoms with Crippen molar-refractivity contribution < 1.29 is 9.18 Å². The standard InChI is InChI=1S/C16H13FN2O/c17-14-8-4-5-9-15(14)19-16(20)13(11-18)10-12-6-2-1-3-7-12/h1-9,13H,10H2,(H,19,20). The fourth-order valence-electron chi connectivity index (χ4n) is 1.83. The third-order valence-electron chi connectivity index (χ3n) is 2.89. The Labute approximate surface area is 116 Å². The molecule has 2 aromatic rings. The lowest BCUT2D eigenvalue weighted by Crippen LogP contribution is -2.23. The molecular weight excluding hydrogens is 255 g/mol. The number of nitrogens with one attached hydrogen (secondary N) is 1. The summed E-state index contributed by atoms with van der Waals surface area (Å²) in [6.45, 7) is 0. The third-order valence-corrected chi connectivity index (χ3v) is 2.89. The Balaban J connectivity index is 2.07. The number of nitrogens with zero attached hydrogens (tertiary/aromatic N) is 1. The molecule has 3 nitrogen and oxygen atoms in total. The van der Waals surface area contributed by atoms with Gasteiger partial charge < -0.3 is 5.32 Å². The smallest absolute Gasteiger partial charge is 0.242 e. The summed E-state index contributed by atoms with van der Waals surface area (Å²) in [5.41, 5.74) is 0.980. The van der Waals surface area contributed by atoms with Crippen LogP contribution in [0, 0.1) is 23.1 Å². The predicted molar refractivity (Wildman–Crippen MR) is 74.3 cm³/mol. The van der Waals surface area contributed by atoms with Gasteiger partial charge in [0.05, 0.1) is 11.8 Å². The second-order valence-corrected chi connectivity index (χ2v) is 4.34. The van der Waals surface area contributed by atoms with Gasteiger partial charge in [0.1, 0.15) is 11.7 Å². The van der Waals surface area contributed by atoms with E-state index in [2.05, 4.69) is 5.32 Å². The van der Waals surface area contributed by atoms with Gasteiger partial charge in [0, 0.05) is 0 Å². The largest absolute Gasteiger partial charge is 0.322 e. The molecule has 100 valence electrons. The molecule has 0 radical (unpaired) electrons. The molecule has 2 rings (SSSR count). The summed E-state index contributed by atoms with van der Waals surface area (Å²) in [5.74, 6) is -1.87. The minimum absolute atomic E-state index is 0.0887. The molecule has 0 spiro atoms. The average Bonchev–Trinajstić information content (AvgIpc) is 2.48. The van der Waals surface area contributed by atoms with Crippen LogP contribution in [0.4, 0.5) is 10.1 Å². The molecule has 1 N–H and O–H groups in total. The summed E-state index contributed by atoms with van der Waals surface area (Å²) < 4.78 is 13.4. The topological polar surface area (TPSA) is 52.9 Å². The van der Waals surface area contributed by atoms with Crippen LogP contribution in [-0.4, -0.2) is 5.91 Å². The van der Waals surface area contributed by atoms with Crippen LogP contribution in [0.2, 0.25) is 0 Å². The van der Waals surface area contributed by atoms with Crippen LogP contribution in [-0.2, 0) is 11.2 Å². The fourth-order valence-corrected chi connectivity index (χ4v) is 1.83. The van der Waals surface area contributed by atoms with Crippen molar-refractivity contribution >= 4 is 11.6 Å². The van der Waals surface area contributed by atoms with Gasteiger partial charge in [0.2, 0.25) is 5.91 Å². The van der Waals surface area contributed by atoms with Crippen LogP contribution in [0.3, 0.4) is 0 Å². The van der Waals surface area contributed by atoms with Crippen molar-refractivity contribution in [3.8, 4) is 6.07 Å². The highest BCUT2D eigenvalue weighted by molar-refractivity contribution is 5.94. The molecule has 1 amide bonds. The lowest BCUT2D eigenvalue weighted by Gasteiger charge is -2.10. The van der Waals surface area contributed by atoms with E-state index >= 15 is 0 Å². The summed E-state index contributed by atoms with van der Waals surface area (Å²) >= 11 is 0. The van der Waals surface area contributed by atoms with Crippen molar-refractivity contribution in [3.05, 3.63) is 66.0 Å². The Kier molecular flexibility index (Phi) is 4.46. The van der Waals surface area contributed by atoms with Crippen molar-refractivity contribution in [2.75, 3.05) is 5.32 Å². The molecule has 2 aromatic carbocycles. The third kappa shape index (κ3) is 3.42. The zero-order valence-corrected chi connectivity index (χ0v) is 10.7. The first-order valence-electron chi connectivity index (χ1n) is 6.19. The van der Waals surface area contributed by atoms with Gasteiger partial charge in [-0.15, -0.1) is 0 Å². The van der Waals surface area contributed by atoms with E-state index in [4.69, 9.17) is 5.26 Å². The van der Waals surface area contributed by atoms with Gasteiger partial charge in [-0.25, -0.2) is 4.39 Å². The predicted octanol–water partition coefficient (Wildman–Crippen LogP) is 3.15. The monoisotopic (exact) mass is 268 g/mol. The number of carbonyl (C=O) groups excluding carboxylic acids is 1. The molecule has 0 aliphatic carbocycles. The Bertz CT molecular complexity index is 634. The van der Waals surface area contributed by atoms with Gasteiger partial charge in [-0.3, -0.25) is 4.79 Å². The molecule has 0 fully saturated rings. The van der Waals surface area contributed by atoms with Crippen molar-refractivity contribution in [1.29, 1.82) is 5.26 Å². The molecule has 0 aromatic heterocycles. The summed E-state index contributed by atoms with van der Waals surface area (Å²) in [4.78, 5) is 12.0. The normalized spacial score (nSPS) is 11.4. The van der Waals surface area contributed by atoms with Crippen LogP contribution in [0.15, 0.2) is 54.6 Å². The molecule has 1 unspecified atom stereocenters. The number of anilines is 1. The summed E-state index contributed by atoms with van der Waals surface area (Å²) in [7, 11) is 0. The molecule has 20 heavy (non-hydrogen) atoms. The Morgan fingerprint density at radius 2 is 1.80 bits per heavy atom. The van der Waals surface area contributed by atoms with Gasteiger partial charge in [0.25, 0.3) is 0 Å². The number of rotatable bonds is 4. The first-order valence-corrected chi connectivity index (χ1v) is 6.19. The van der Waals surface area contributed by atoms with E-state index in [9.17, 15) is 9.18 Å². The van der Waals surface area contributed by atoms with Crippen LogP contribution >= 0.6 is 0 Å². The number of hydrogen-bond acceptors (Lipinski definition) is 2. The minimum Gasteiger partial charge on any atom is -0.322 e. The summed E-state index contributed by atoms with van der Waals surface area (Å²) in [6.07, 6.45) is 0.303. The maximum absolute atomic E-state index is 13.4. The van der Waals surface area contributed by atoms with Gasteiger partial charge in [-0.2, -0.15) is 5.26 Å². The second-order valence-electron chi connectivity index (χ2n) is 4.34. The highest BCUT2D eigenvalue weighted by Gasteiger charge is 2.19. The van der Waals surface area contributed by atoms with Gasteiger partial charge in [-0.05, 0) is 24.1 Å². The van der Waals surface area contributed by atoms with Gasteiger partial charge >= 0.3 is 0 Å². The quantitative estimate of drug-likeness (QED) is 0.926. The summed E-state index contributed by atoms with van der Waals surface area (Å²) in [6, 6.07) is 17.1. The Morgan fingerprint density at radius 1 is 1.15 bits per heavy atom. The molecule has 1 atom stereocenters. The maximum Gasteiger partial charge on any atom is 0.242 e. The van der Waals surface area contributed by atoms with E-state index in [1.165, 1.54) is 18.2 Å². The van der Waals surface area contributed by atoms with Crippen molar-refractivity contribution in [2.45, 2.75) is 6.42 Å². The minimum atomic E-state index is -0.850. The van der Waals surface area contributed by atoms with Crippen molar-refractivity contribution in [1.82, 2.24) is 0 Å². The Hall–Kier alpha value is -2.67. The number of nitriles is 1. The van der Waals surface area contributed by atoms with Crippen molar-refractivity contribution in [3.63, 3.8) is 0 Å². The summed E-state index contributed by atoms with van der Waals surface area (Å²) in [5, 5.41) is 11.5. The highest BCUT2D eigenvalue weighted by Crippen LogP contribution is 2.15. The van der Waals surface area contributed by atoms with E-state index in [0.29, 0.717) is 6.42 Å². The molecular formula is C16H13FN2O. The van der Waals surface area contributed by atoms with E-state index in [-0.39, 0.29) is 5.69 Å². The van der Waals surface area contributed by atoms with E-state index < -0.39 is 17.6 Å². The SMILES string of the molecule is N#CC(Cc1ccccc1)C(=O)Nc1ccccc1F. The van der Waals surface area contributed by atoms with Crippen molar-refractivity contribution in [2.24, 2.45) is 5.92 Å². The van der Waals surface area contributed by atoms with Crippen LogP contribution < -0.4 is 5.32 Å². The van der Waals surface area contributed by atoms with E-state index in [0.717, 1.165) is 5.56 Å². The molecule has 0 saturated heterocycles. The molecule has 0 aliphatic heterocycles. The number of para-hydroxylation sites is 1. The Morgan fingerprint density at radius 3 is 2.45 bits per heavy atom. The number of halogens is 1. The van der Waals surface area contributed by atoms with Crippen LogP contribution in [0.1, 0.15) is 5.56 Å². The lowest BCUT2D eigenvalue weighted by atomic mass is 10.00. The molecule has 0 saturated carbocycles. The van der Waals surface area contributed by atoms with E-state index in [1.54, 1.807) is 6.07 Å². The van der Waals surface area contributed by atoms with Crippen LogP contribution in [0.25, 0.3) is 0 Å². The number of amides is 1. The second kappa shape index (κ2) is 6.48. The molecule has 0 aliphatic rings. The molecule has 4 heteroatoms. The van der Waals surface area contributed by atoms with Gasteiger partial charge in [-0.1, -0.05) is 42.5 Å². The first kappa shape index (κ1) is 13.8. The average molecular weight is 268 g/mol. The van der Waals surface area contributed by atoms with Crippen LogP contribution in [0.5, 0.6) is 0 Å². The zero-order valence-electron chi connectivity index (χ0n) is 10.7. The molecule has 0 bridgehead atoms. The first-order chi connectivity index (χ1) is 9.70.